The predicted octanol–water partition coefficient (Wildman–Crippen LogP) is 1.93. The van der Waals surface area contributed by atoms with Crippen molar-refractivity contribution in [2.45, 2.75) is 44.9 Å². The molecule has 0 fully saturated rings. The van der Waals surface area contributed by atoms with Gasteiger partial charge < -0.3 is 9.84 Å². The Labute approximate surface area is 159 Å². The van der Waals surface area contributed by atoms with E-state index in [1.807, 2.05) is 6.92 Å². The Morgan fingerprint density at radius 3 is 2.37 bits per heavy atom. The molecule has 0 aliphatic carbocycles. The van der Waals surface area contributed by atoms with Crippen LogP contribution in [0.1, 0.15) is 30.8 Å². The summed E-state index contributed by atoms with van der Waals surface area (Å²) >= 11 is 0. The second kappa shape index (κ2) is 9.07. The highest BCUT2D eigenvalue weighted by molar-refractivity contribution is 7.89. The molecule has 2 aromatic rings. The maximum atomic E-state index is 12.6. The van der Waals surface area contributed by atoms with Gasteiger partial charge in [-0.1, -0.05) is 37.6 Å². The average Bonchev–Trinajstić information content (AvgIpc) is 2.64. The van der Waals surface area contributed by atoms with Crippen LogP contribution in [0.5, 0.6) is 0 Å². The highest BCUT2D eigenvalue weighted by atomic mass is 32.2. The molecule has 0 aliphatic rings. The number of aliphatic hydroxyl groups excluding tert-OH is 1. The van der Waals surface area contributed by atoms with Gasteiger partial charge in [0.05, 0.1) is 22.9 Å². The molecule has 0 saturated heterocycles. The number of esters is 1. The number of nitrogens with one attached hydrogen (secondary N) is 1. The van der Waals surface area contributed by atoms with Crippen LogP contribution in [0.4, 0.5) is 0 Å². The summed E-state index contributed by atoms with van der Waals surface area (Å²) in [5.41, 5.74) is 1.87. The molecule has 146 valence electrons. The average molecular weight is 392 g/mol. The molecule has 2 N–H and O–H groups in total. The maximum Gasteiger partial charge on any atom is 0.324 e. The number of sulfonamides is 1. The monoisotopic (exact) mass is 392 g/mol. The molecule has 0 aliphatic heterocycles. The number of hydrogen-bond donors (Lipinski definition) is 2. The van der Waals surface area contributed by atoms with Crippen LogP contribution in [-0.4, -0.2) is 30.5 Å². The zero-order valence-corrected chi connectivity index (χ0v) is 16.4. The third-order valence-electron chi connectivity index (χ3n) is 3.92. The lowest BCUT2D eigenvalue weighted by atomic mass is 10.1. The molecule has 2 rings (SSSR count). The van der Waals surface area contributed by atoms with Gasteiger partial charge in [-0.3, -0.25) is 9.78 Å². The van der Waals surface area contributed by atoms with Crippen LogP contribution in [0.25, 0.3) is 0 Å². The zero-order chi connectivity index (χ0) is 20.0. The van der Waals surface area contributed by atoms with Crippen LogP contribution in [0.15, 0.2) is 47.4 Å². The van der Waals surface area contributed by atoms with E-state index in [1.165, 1.54) is 12.1 Å². The van der Waals surface area contributed by atoms with Crippen molar-refractivity contribution < 1.29 is 23.1 Å². The first-order valence-corrected chi connectivity index (χ1v) is 10.0. The van der Waals surface area contributed by atoms with E-state index in [0.717, 1.165) is 5.56 Å². The number of pyridine rings is 1. The van der Waals surface area contributed by atoms with Gasteiger partial charge in [-0.2, -0.15) is 4.72 Å². The minimum atomic E-state index is -3.86. The minimum absolute atomic E-state index is 0.0869. The summed E-state index contributed by atoms with van der Waals surface area (Å²) < 4.78 is 32.8. The summed E-state index contributed by atoms with van der Waals surface area (Å²) in [6, 6.07) is 10.3. The number of aliphatic hydroxyl groups is 1. The van der Waals surface area contributed by atoms with E-state index >= 15 is 0 Å². The maximum absolute atomic E-state index is 12.6. The van der Waals surface area contributed by atoms with E-state index in [2.05, 4.69) is 9.71 Å². The van der Waals surface area contributed by atoms with E-state index in [9.17, 15) is 13.2 Å². The molecule has 0 amide bonds. The third-order valence-corrected chi connectivity index (χ3v) is 5.38. The second-order valence-electron chi connectivity index (χ2n) is 6.54. The first kappa shape index (κ1) is 21.0. The van der Waals surface area contributed by atoms with E-state index in [4.69, 9.17) is 9.84 Å². The third kappa shape index (κ3) is 5.85. The van der Waals surface area contributed by atoms with Crippen LogP contribution >= 0.6 is 0 Å². The largest absolute Gasteiger partial charge is 0.458 e. The normalized spacial score (nSPS) is 12.8. The summed E-state index contributed by atoms with van der Waals surface area (Å²) in [7, 11) is -3.86. The minimum Gasteiger partial charge on any atom is -0.458 e. The number of nitrogens with zero attached hydrogens (tertiary/aromatic N) is 1. The van der Waals surface area contributed by atoms with Gasteiger partial charge in [0.1, 0.15) is 12.6 Å². The number of rotatable bonds is 8. The van der Waals surface area contributed by atoms with E-state index in [0.29, 0.717) is 11.4 Å². The number of ether oxygens (including phenoxy) is 1. The van der Waals surface area contributed by atoms with Gasteiger partial charge in [0.15, 0.2) is 0 Å². The summed E-state index contributed by atoms with van der Waals surface area (Å²) in [6.07, 6.45) is 0. The van der Waals surface area contributed by atoms with E-state index in [1.54, 1.807) is 44.2 Å². The molecule has 0 spiro atoms. The number of aromatic nitrogens is 1. The number of benzene rings is 1. The lowest BCUT2D eigenvalue weighted by Crippen LogP contribution is -2.45. The topological polar surface area (TPSA) is 106 Å². The van der Waals surface area contributed by atoms with Crippen LogP contribution in [0, 0.1) is 12.8 Å². The SMILES string of the molecule is Cc1ccc(S(=O)(=O)N[C@H](C(=O)OCc2cccc(CO)n2)C(C)C)cc1. The standard InChI is InChI=1S/C19H24N2O5S/c1-13(2)18(21-27(24,25)17-9-7-14(3)8-10-17)19(23)26-12-16-6-4-5-15(11-22)20-16/h4-10,13,18,21-22H,11-12H2,1-3H3/t18-/m0/s1. The number of aryl methyl sites for hydroxylation is 1. The molecule has 1 heterocycles. The lowest BCUT2D eigenvalue weighted by molar-refractivity contribution is -0.148. The molecule has 0 unspecified atom stereocenters. The van der Waals surface area contributed by atoms with Gasteiger partial charge in [-0.05, 0) is 37.1 Å². The molecule has 7 nitrogen and oxygen atoms in total. The molecular formula is C19H24N2O5S. The fourth-order valence-corrected chi connectivity index (χ4v) is 3.67. The van der Waals surface area contributed by atoms with Gasteiger partial charge in [-0.25, -0.2) is 8.42 Å². The number of carbonyl (C=O) groups excluding carboxylic acids is 1. The van der Waals surface area contributed by atoms with Crippen LogP contribution in [0.3, 0.4) is 0 Å². The van der Waals surface area contributed by atoms with Gasteiger partial charge in [-0.15, -0.1) is 0 Å². The van der Waals surface area contributed by atoms with Crippen molar-refractivity contribution in [3.8, 4) is 0 Å². The Morgan fingerprint density at radius 1 is 1.15 bits per heavy atom. The molecule has 0 bridgehead atoms. The van der Waals surface area contributed by atoms with Crippen molar-refractivity contribution >= 4 is 16.0 Å². The molecule has 1 aromatic carbocycles. The van der Waals surface area contributed by atoms with Crippen molar-refractivity contribution in [3.63, 3.8) is 0 Å². The number of hydrogen-bond acceptors (Lipinski definition) is 6. The van der Waals surface area contributed by atoms with Gasteiger partial charge in [0.25, 0.3) is 0 Å². The highest BCUT2D eigenvalue weighted by Crippen LogP contribution is 2.14. The van der Waals surface area contributed by atoms with E-state index in [-0.39, 0.29) is 24.0 Å². The Bertz CT molecular complexity index is 879. The Hall–Kier alpha value is -2.29. The molecule has 1 aromatic heterocycles. The first-order chi connectivity index (χ1) is 12.7. The predicted molar refractivity (Wildman–Crippen MR) is 100 cm³/mol. The van der Waals surface area contributed by atoms with Gasteiger partial charge in [0.2, 0.25) is 10.0 Å². The fourth-order valence-electron chi connectivity index (χ4n) is 2.34. The zero-order valence-electron chi connectivity index (χ0n) is 15.5. The lowest BCUT2D eigenvalue weighted by Gasteiger charge is -2.21. The molecule has 0 radical (unpaired) electrons. The van der Waals surface area contributed by atoms with Crippen LogP contribution in [0.2, 0.25) is 0 Å². The van der Waals surface area contributed by atoms with Crippen molar-refractivity contribution in [3.05, 3.63) is 59.4 Å². The summed E-state index contributed by atoms with van der Waals surface area (Å²) in [6.45, 7) is 5.00. The van der Waals surface area contributed by atoms with Crippen molar-refractivity contribution in [1.82, 2.24) is 9.71 Å². The van der Waals surface area contributed by atoms with Gasteiger partial charge >= 0.3 is 5.97 Å². The quantitative estimate of drug-likeness (QED) is 0.665. The van der Waals surface area contributed by atoms with Crippen LogP contribution in [-0.2, 0) is 32.8 Å². The molecular weight excluding hydrogens is 368 g/mol. The second-order valence-corrected chi connectivity index (χ2v) is 8.26. The Morgan fingerprint density at radius 2 is 1.78 bits per heavy atom. The molecule has 27 heavy (non-hydrogen) atoms. The van der Waals surface area contributed by atoms with Crippen molar-refractivity contribution in [2.75, 3.05) is 0 Å². The smallest absolute Gasteiger partial charge is 0.324 e. The molecule has 1 atom stereocenters. The molecule has 8 heteroatoms. The first-order valence-electron chi connectivity index (χ1n) is 8.54. The van der Waals surface area contributed by atoms with Gasteiger partial charge in [0, 0.05) is 0 Å². The number of carbonyl (C=O) groups is 1. The fraction of sp³-hybridized carbons (Fsp3) is 0.368. The summed E-state index contributed by atoms with van der Waals surface area (Å²) in [5, 5.41) is 9.11. The Kier molecular flexibility index (Phi) is 7.06. The highest BCUT2D eigenvalue weighted by Gasteiger charge is 2.29. The van der Waals surface area contributed by atoms with Crippen LogP contribution < -0.4 is 4.72 Å². The van der Waals surface area contributed by atoms with Crippen molar-refractivity contribution in [2.24, 2.45) is 5.92 Å². The van der Waals surface area contributed by atoms with E-state index < -0.39 is 22.0 Å². The Balaban J connectivity index is 2.09. The van der Waals surface area contributed by atoms with Crippen molar-refractivity contribution in [1.29, 1.82) is 0 Å². The summed E-state index contributed by atoms with van der Waals surface area (Å²) in [4.78, 5) is 16.7. The summed E-state index contributed by atoms with van der Waals surface area (Å²) in [5.74, 6) is -0.994. The molecule has 0 saturated carbocycles.